The van der Waals surface area contributed by atoms with Crippen molar-refractivity contribution in [3.8, 4) is 0 Å². The van der Waals surface area contributed by atoms with Crippen LogP contribution in [0.15, 0.2) is 23.0 Å². The molecule has 0 radical (unpaired) electrons. The number of carbonyl (C=O) groups excluding carboxylic acids is 1. The van der Waals surface area contributed by atoms with E-state index in [2.05, 4.69) is 5.32 Å². The zero-order chi connectivity index (χ0) is 9.26. The number of amides is 1. The molecule has 2 rings (SSSR count). The van der Waals surface area contributed by atoms with E-state index in [1.807, 2.05) is 13.0 Å². The molecule has 1 saturated heterocycles. The van der Waals surface area contributed by atoms with E-state index in [-0.39, 0.29) is 17.9 Å². The van der Waals surface area contributed by atoms with E-state index in [0.29, 0.717) is 0 Å². The predicted molar refractivity (Wildman–Crippen MR) is 48.0 cm³/mol. The van der Waals surface area contributed by atoms with Gasteiger partial charge >= 0.3 is 0 Å². The molecule has 1 aliphatic heterocycles. The van der Waals surface area contributed by atoms with Crippen molar-refractivity contribution in [1.82, 2.24) is 5.32 Å². The Balaban J connectivity index is 2.08. The predicted octanol–water partition coefficient (Wildman–Crippen LogP) is 1.87. The van der Waals surface area contributed by atoms with Gasteiger partial charge in [-0.15, -0.1) is 0 Å². The third kappa shape index (κ3) is 1.59. The highest BCUT2D eigenvalue weighted by molar-refractivity contribution is 5.79. The molecule has 0 bridgehead atoms. The van der Waals surface area contributed by atoms with Crippen molar-refractivity contribution in [2.75, 3.05) is 0 Å². The number of rotatable bonds is 1. The summed E-state index contributed by atoms with van der Waals surface area (Å²) in [5.74, 6) is 0.306. The minimum atomic E-state index is 0.150. The standard InChI is InChI=1S/C10H13NO2/c1-7-2-3-9(11-10(7)12)8-4-5-13-6-8/h4-7,9H,2-3H2,1H3,(H,11,12). The summed E-state index contributed by atoms with van der Waals surface area (Å²) in [4.78, 5) is 11.4. The lowest BCUT2D eigenvalue weighted by molar-refractivity contribution is -0.127. The summed E-state index contributed by atoms with van der Waals surface area (Å²) in [6, 6.07) is 2.06. The van der Waals surface area contributed by atoms with E-state index in [1.54, 1.807) is 12.5 Å². The van der Waals surface area contributed by atoms with Gasteiger partial charge in [-0.05, 0) is 18.9 Å². The molecule has 0 spiro atoms. The summed E-state index contributed by atoms with van der Waals surface area (Å²) in [6.07, 6.45) is 5.30. The summed E-state index contributed by atoms with van der Waals surface area (Å²) in [5.41, 5.74) is 1.07. The largest absolute Gasteiger partial charge is 0.472 e. The molecule has 3 nitrogen and oxygen atoms in total. The van der Waals surface area contributed by atoms with Crippen LogP contribution in [0.4, 0.5) is 0 Å². The monoisotopic (exact) mass is 179 g/mol. The summed E-state index contributed by atoms with van der Waals surface area (Å²) >= 11 is 0. The average molecular weight is 179 g/mol. The average Bonchev–Trinajstić information content (AvgIpc) is 2.62. The van der Waals surface area contributed by atoms with Crippen molar-refractivity contribution in [2.45, 2.75) is 25.8 Å². The summed E-state index contributed by atoms with van der Waals surface area (Å²) in [5, 5.41) is 2.97. The second-order valence-electron chi connectivity index (χ2n) is 3.60. The van der Waals surface area contributed by atoms with Gasteiger partial charge in [-0.3, -0.25) is 4.79 Å². The van der Waals surface area contributed by atoms with Gasteiger partial charge in [0, 0.05) is 11.5 Å². The zero-order valence-corrected chi connectivity index (χ0v) is 7.62. The highest BCUT2D eigenvalue weighted by atomic mass is 16.3. The molecule has 1 aromatic rings. The van der Waals surface area contributed by atoms with Crippen LogP contribution in [-0.2, 0) is 4.79 Å². The number of hydrogen-bond acceptors (Lipinski definition) is 2. The lowest BCUT2D eigenvalue weighted by Gasteiger charge is -2.26. The molecule has 2 unspecified atom stereocenters. The maximum Gasteiger partial charge on any atom is 0.223 e. The first-order chi connectivity index (χ1) is 6.27. The van der Waals surface area contributed by atoms with Crippen LogP contribution in [0.1, 0.15) is 31.4 Å². The van der Waals surface area contributed by atoms with Gasteiger partial charge in [-0.1, -0.05) is 6.92 Å². The normalized spacial score (nSPS) is 28.5. The van der Waals surface area contributed by atoms with Gasteiger partial charge in [0.25, 0.3) is 0 Å². The summed E-state index contributed by atoms with van der Waals surface area (Å²) in [7, 11) is 0. The molecule has 1 aromatic heterocycles. The number of piperidine rings is 1. The molecule has 0 saturated carbocycles. The molecule has 13 heavy (non-hydrogen) atoms. The Morgan fingerprint density at radius 3 is 3.00 bits per heavy atom. The zero-order valence-electron chi connectivity index (χ0n) is 7.62. The van der Waals surface area contributed by atoms with Gasteiger partial charge in [0.15, 0.2) is 0 Å². The topological polar surface area (TPSA) is 42.2 Å². The van der Waals surface area contributed by atoms with E-state index < -0.39 is 0 Å². The number of furan rings is 1. The number of hydrogen-bond donors (Lipinski definition) is 1. The van der Waals surface area contributed by atoms with Crippen LogP contribution in [0.2, 0.25) is 0 Å². The lowest BCUT2D eigenvalue weighted by atomic mass is 9.93. The first-order valence-electron chi connectivity index (χ1n) is 4.60. The van der Waals surface area contributed by atoms with Crippen molar-refractivity contribution in [3.63, 3.8) is 0 Å². The van der Waals surface area contributed by atoms with Crippen LogP contribution in [0.5, 0.6) is 0 Å². The SMILES string of the molecule is CC1CCC(c2ccoc2)NC1=O. The van der Waals surface area contributed by atoms with Crippen LogP contribution in [-0.4, -0.2) is 5.91 Å². The van der Waals surface area contributed by atoms with Gasteiger partial charge < -0.3 is 9.73 Å². The van der Waals surface area contributed by atoms with E-state index in [9.17, 15) is 4.79 Å². The molecule has 3 heteroatoms. The van der Waals surface area contributed by atoms with E-state index >= 15 is 0 Å². The molecule has 1 amide bonds. The number of carbonyl (C=O) groups is 1. The van der Waals surface area contributed by atoms with Gasteiger partial charge in [-0.25, -0.2) is 0 Å². The van der Waals surface area contributed by atoms with Crippen LogP contribution in [0.3, 0.4) is 0 Å². The third-order valence-electron chi connectivity index (χ3n) is 2.60. The van der Waals surface area contributed by atoms with E-state index in [0.717, 1.165) is 18.4 Å². The molecule has 70 valence electrons. The Morgan fingerprint density at radius 1 is 1.54 bits per heavy atom. The molecule has 1 aliphatic rings. The molecule has 2 heterocycles. The Bertz CT molecular complexity index is 292. The fourth-order valence-corrected chi connectivity index (χ4v) is 1.66. The quantitative estimate of drug-likeness (QED) is 0.715. The molecule has 2 atom stereocenters. The fraction of sp³-hybridized carbons (Fsp3) is 0.500. The van der Waals surface area contributed by atoms with Crippen LogP contribution >= 0.6 is 0 Å². The molecular formula is C10H13NO2. The highest BCUT2D eigenvalue weighted by Gasteiger charge is 2.25. The first-order valence-corrected chi connectivity index (χ1v) is 4.60. The summed E-state index contributed by atoms with van der Waals surface area (Å²) in [6.45, 7) is 1.96. The Hall–Kier alpha value is -1.25. The van der Waals surface area contributed by atoms with Crippen molar-refractivity contribution < 1.29 is 9.21 Å². The van der Waals surface area contributed by atoms with Gasteiger partial charge in [0.2, 0.25) is 5.91 Å². The molecule has 1 N–H and O–H groups in total. The van der Waals surface area contributed by atoms with Crippen LogP contribution in [0, 0.1) is 5.92 Å². The smallest absolute Gasteiger partial charge is 0.223 e. The van der Waals surface area contributed by atoms with Gasteiger partial charge in [-0.2, -0.15) is 0 Å². The second kappa shape index (κ2) is 3.24. The van der Waals surface area contributed by atoms with E-state index in [4.69, 9.17) is 4.42 Å². The fourth-order valence-electron chi connectivity index (χ4n) is 1.66. The maximum absolute atomic E-state index is 11.4. The van der Waals surface area contributed by atoms with Gasteiger partial charge in [0.1, 0.15) is 0 Å². The van der Waals surface area contributed by atoms with Crippen LogP contribution < -0.4 is 5.32 Å². The van der Waals surface area contributed by atoms with E-state index in [1.165, 1.54) is 0 Å². The molecular weight excluding hydrogens is 166 g/mol. The van der Waals surface area contributed by atoms with Crippen molar-refractivity contribution in [3.05, 3.63) is 24.2 Å². The summed E-state index contributed by atoms with van der Waals surface area (Å²) < 4.78 is 4.98. The Morgan fingerprint density at radius 2 is 2.38 bits per heavy atom. The molecule has 1 fully saturated rings. The molecule has 0 aliphatic carbocycles. The third-order valence-corrected chi connectivity index (χ3v) is 2.60. The Kier molecular flexibility index (Phi) is 2.08. The van der Waals surface area contributed by atoms with Crippen molar-refractivity contribution >= 4 is 5.91 Å². The Labute approximate surface area is 77.1 Å². The molecule has 0 aromatic carbocycles. The highest BCUT2D eigenvalue weighted by Crippen LogP contribution is 2.26. The van der Waals surface area contributed by atoms with Crippen molar-refractivity contribution in [1.29, 1.82) is 0 Å². The second-order valence-corrected chi connectivity index (χ2v) is 3.60. The first kappa shape index (κ1) is 8.35. The van der Waals surface area contributed by atoms with Crippen LogP contribution in [0.25, 0.3) is 0 Å². The minimum Gasteiger partial charge on any atom is -0.472 e. The minimum absolute atomic E-state index is 0.150. The van der Waals surface area contributed by atoms with Gasteiger partial charge in [0.05, 0.1) is 18.6 Å². The number of nitrogens with one attached hydrogen (secondary N) is 1. The van der Waals surface area contributed by atoms with Crippen molar-refractivity contribution in [2.24, 2.45) is 5.92 Å². The lowest BCUT2D eigenvalue weighted by Crippen LogP contribution is -2.37. The maximum atomic E-state index is 11.4.